The van der Waals surface area contributed by atoms with Gasteiger partial charge in [0.15, 0.2) is 0 Å². The number of Topliss-reactive ketones (excluding diaryl/α,β-unsaturated/α-hetero) is 1. The number of carbonyl (C=O) groups is 1. The zero-order valence-corrected chi connectivity index (χ0v) is 9.79. The fraction of sp³-hybridized carbons (Fsp3) is 0.417. The van der Waals surface area contributed by atoms with Gasteiger partial charge in [-0.3, -0.25) is 14.9 Å². The number of hydrogen-bond acceptors (Lipinski definition) is 4. The average Bonchev–Trinajstić information content (AvgIpc) is 2.36. The van der Waals surface area contributed by atoms with Gasteiger partial charge in [-0.15, -0.1) is 0 Å². The highest BCUT2D eigenvalue weighted by Crippen LogP contribution is 2.25. The molecule has 0 aliphatic carbocycles. The summed E-state index contributed by atoms with van der Waals surface area (Å²) in [5, 5.41) is 20.4. The molecule has 0 radical (unpaired) electrons. The number of nitro groups is 1. The lowest BCUT2D eigenvalue weighted by Crippen LogP contribution is -2.18. The molecule has 17 heavy (non-hydrogen) atoms. The average molecular weight is 237 g/mol. The normalized spacial score (nSPS) is 14.1. The number of benzene rings is 1. The molecule has 0 heterocycles. The number of carbonyl (C=O) groups excluding carboxylic acids is 1. The molecule has 0 spiro atoms. The summed E-state index contributed by atoms with van der Waals surface area (Å²) < 4.78 is 0. The summed E-state index contributed by atoms with van der Waals surface area (Å²) in [5.41, 5.74) is 0.486. The van der Waals surface area contributed by atoms with Crippen LogP contribution in [0, 0.1) is 16.0 Å². The van der Waals surface area contributed by atoms with Crippen LogP contribution in [0.15, 0.2) is 24.3 Å². The van der Waals surface area contributed by atoms with Crippen LogP contribution in [-0.2, 0) is 4.79 Å². The fourth-order valence-corrected chi connectivity index (χ4v) is 1.58. The summed E-state index contributed by atoms with van der Waals surface area (Å²) in [6.07, 6.45) is -0.547. The van der Waals surface area contributed by atoms with Gasteiger partial charge in [0, 0.05) is 24.5 Å². The highest BCUT2D eigenvalue weighted by Gasteiger charge is 2.22. The van der Waals surface area contributed by atoms with Crippen molar-refractivity contribution < 1.29 is 14.8 Å². The summed E-state index contributed by atoms with van der Waals surface area (Å²) in [5.74, 6) is -0.530. The third-order valence-corrected chi connectivity index (χ3v) is 2.78. The third kappa shape index (κ3) is 3.10. The van der Waals surface area contributed by atoms with Gasteiger partial charge in [0.05, 0.1) is 11.0 Å². The van der Waals surface area contributed by atoms with E-state index < -0.39 is 16.9 Å². The number of ketones is 1. The molecule has 5 heteroatoms. The zero-order valence-electron chi connectivity index (χ0n) is 9.79. The Bertz CT molecular complexity index is 413. The Labute approximate surface area is 99.2 Å². The number of nitro benzene ring substituents is 1. The van der Waals surface area contributed by atoms with Gasteiger partial charge in [0.2, 0.25) is 0 Å². The molecule has 0 aromatic heterocycles. The minimum absolute atomic E-state index is 0.0316. The molecule has 0 saturated heterocycles. The van der Waals surface area contributed by atoms with Gasteiger partial charge in [0.1, 0.15) is 5.78 Å². The van der Waals surface area contributed by atoms with Crippen molar-refractivity contribution in [2.75, 3.05) is 0 Å². The van der Waals surface area contributed by atoms with E-state index >= 15 is 0 Å². The van der Waals surface area contributed by atoms with Crippen LogP contribution in [0.5, 0.6) is 0 Å². The van der Waals surface area contributed by atoms with Crippen LogP contribution < -0.4 is 0 Å². The molecule has 0 fully saturated rings. The van der Waals surface area contributed by atoms with Gasteiger partial charge >= 0.3 is 0 Å². The molecule has 1 aromatic rings. The van der Waals surface area contributed by atoms with E-state index in [1.165, 1.54) is 24.3 Å². The summed E-state index contributed by atoms with van der Waals surface area (Å²) >= 11 is 0. The van der Waals surface area contributed by atoms with E-state index in [9.17, 15) is 20.0 Å². The Balaban J connectivity index is 2.86. The number of rotatable bonds is 5. The smallest absolute Gasteiger partial charge is 0.269 e. The van der Waals surface area contributed by atoms with Crippen molar-refractivity contribution in [2.24, 2.45) is 5.92 Å². The van der Waals surface area contributed by atoms with E-state index in [1.807, 2.05) is 0 Å². The first kappa shape index (κ1) is 13.3. The molecule has 0 saturated carbocycles. The molecule has 0 bridgehead atoms. The van der Waals surface area contributed by atoms with Crippen molar-refractivity contribution in [3.63, 3.8) is 0 Å². The van der Waals surface area contributed by atoms with E-state index in [4.69, 9.17) is 0 Å². The van der Waals surface area contributed by atoms with Gasteiger partial charge in [-0.1, -0.05) is 13.8 Å². The molecule has 0 amide bonds. The van der Waals surface area contributed by atoms with Crippen LogP contribution >= 0.6 is 0 Å². The first-order chi connectivity index (χ1) is 7.97. The maximum absolute atomic E-state index is 11.4. The standard InChI is InChI=1S/C12H15NO4/c1-3-11(14)8(2)12(15)9-4-6-10(7-5-9)13(16)17/h4-8,12,15H,3H2,1-2H3/t8-,12+/m0/s1. The summed E-state index contributed by atoms with van der Waals surface area (Å²) in [6, 6.07) is 5.59. The van der Waals surface area contributed by atoms with Crippen LogP contribution in [0.2, 0.25) is 0 Å². The predicted octanol–water partition coefficient (Wildman–Crippen LogP) is 2.24. The minimum atomic E-state index is -0.914. The van der Waals surface area contributed by atoms with Crippen LogP contribution in [0.25, 0.3) is 0 Å². The molecule has 1 N–H and O–H groups in total. The predicted molar refractivity (Wildman–Crippen MR) is 62.5 cm³/mol. The Morgan fingerprint density at radius 1 is 1.41 bits per heavy atom. The van der Waals surface area contributed by atoms with E-state index in [1.54, 1.807) is 13.8 Å². The van der Waals surface area contributed by atoms with Gasteiger partial charge in [0.25, 0.3) is 5.69 Å². The van der Waals surface area contributed by atoms with Gasteiger partial charge in [-0.2, -0.15) is 0 Å². The van der Waals surface area contributed by atoms with E-state index in [2.05, 4.69) is 0 Å². The molecule has 1 rings (SSSR count). The van der Waals surface area contributed by atoms with Gasteiger partial charge in [-0.05, 0) is 17.7 Å². The van der Waals surface area contributed by atoms with Crippen molar-refractivity contribution in [2.45, 2.75) is 26.4 Å². The van der Waals surface area contributed by atoms with Gasteiger partial charge in [-0.25, -0.2) is 0 Å². The molecular weight excluding hydrogens is 222 g/mol. The number of non-ortho nitro benzene ring substituents is 1. The Morgan fingerprint density at radius 3 is 2.35 bits per heavy atom. The summed E-state index contributed by atoms with van der Waals surface area (Å²) in [7, 11) is 0. The monoisotopic (exact) mass is 237 g/mol. The quantitative estimate of drug-likeness (QED) is 0.629. The second-order valence-corrected chi connectivity index (χ2v) is 3.90. The molecule has 2 atom stereocenters. The first-order valence-electron chi connectivity index (χ1n) is 5.42. The van der Waals surface area contributed by atoms with Crippen molar-refractivity contribution in [1.29, 1.82) is 0 Å². The minimum Gasteiger partial charge on any atom is -0.388 e. The number of aliphatic hydroxyl groups excluding tert-OH is 1. The Morgan fingerprint density at radius 2 is 1.94 bits per heavy atom. The fourth-order valence-electron chi connectivity index (χ4n) is 1.58. The lowest BCUT2D eigenvalue weighted by molar-refractivity contribution is -0.384. The van der Waals surface area contributed by atoms with Crippen LogP contribution in [-0.4, -0.2) is 15.8 Å². The van der Waals surface area contributed by atoms with Crippen LogP contribution in [0.3, 0.4) is 0 Å². The second kappa shape index (κ2) is 5.54. The molecule has 0 unspecified atom stereocenters. The Hall–Kier alpha value is -1.75. The van der Waals surface area contributed by atoms with Crippen molar-refractivity contribution >= 4 is 11.5 Å². The van der Waals surface area contributed by atoms with E-state index in [-0.39, 0.29) is 11.5 Å². The summed E-state index contributed by atoms with van der Waals surface area (Å²) in [6.45, 7) is 3.39. The number of hydrogen-bond donors (Lipinski definition) is 1. The topological polar surface area (TPSA) is 80.4 Å². The molecule has 0 aliphatic heterocycles. The lowest BCUT2D eigenvalue weighted by atomic mass is 9.92. The molecular formula is C12H15NO4. The highest BCUT2D eigenvalue weighted by molar-refractivity contribution is 5.81. The van der Waals surface area contributed by atoms with Crippen molar-refractivity contribution in [1.82, 2.24) is 0 Å². The molecule has 5 nitrogen and oxygen atoms in total. The molecule has 92 valence electrons. The maximum Gasteiger partial charge on any atom is 0.269 e. The largest absolute Gasteiger partial charge is 0.388 e. The van der Waals surface area contributed by atoms with Crippen molar-refractivity contribution in [3.05, 3.63) is 39.9 Å². The van der Waals surface area contributed by atoms with Crippen LogP contribution in [0.1, 0.15) is 31.9 Å². The first-order valence-corrected chi connectivity index (χ1v) is 5.42. The SMILES string of the molecule is CCC(=O)[C@H](C)[C@@H](O)c1ccc([N+](=O)[O-])cc1. The molecule has 1 aromatic carbocycles. The maximum atomic E-state index is 11.4. The van der Waals surface area contributed by atoms with E-state index in [0.717, 1.165) is 0 Å². The zero-order chi connectivity index (χ0) is 13.0. The summed E-state index contributed by atoms with van der Waals surface area (Å²) in [4.78, 5) is 21.4. The highest BCUT2D eigenvalue weighted by atomic mass is 16.6. The number of nitrogens with zero attached hydrogens (tertiary/aromatic N) is 1. The van der Waals surface area contributed by atoms with E-state index in [0.29, 0.717) is 12.0 Å². The van der Waals surface area contributed by atoms with Crippen LogP contribution in [0.4, 0.5) is 5.69 Å². The van der Waals surface area contributed by atoms with Crippen molar-refractivity contribution in [3.8, 4) is 0 Å². The Kier molecular flexibility index (Phi) is 4.34. The number of aliphatic hydroxyl groups is 1. The lowest BCUT2D eigenvalue weighted by Gasteiger charge is -2.17. The van der Waals surface area contributed by atoms with Gasteiger partial charge < -0.3 is 5.11 Å². The third-order valence-electron chi connectivity index (χ3n) is 2.78. The second-order valence-electron chi connectivity index (χ2n) is 3.90. The molecule has 0 aliphatic rings.